The number of hydrogen-bond acceptors (Lipinski definition) is 11. The maximum Gasteiger partial charge on any atom is 0.338 e. The summed E-state index contributed by atoms with van der Waals surface area (Å²) in [7, 11) is 0. The molecule has 10 nitrogen and oxygen atoms in total. The molecule has 2 aliphatic heterocycles. The molecule has 4 N–H and O–H groups in total. The Morgan fingerprint density at radius 1 is 1.54 bits per heavy atom. The summed E-state index contributed by atoms with van der Waals surface area (Å²) in [6, 6.07) is 3.15. The van der Waals surface area contributed by atoms with E-state index in [9.17, 15) is 9.18 Å². The minimum absolute atomic E-state index is 0.179. The van der Waals surface area contributed by atoms with E-state index < -0.39 is 24.0 Å². The van der Waals surface area contributed by atoms with Gasteiger partial charge in [-0.1, -0.05) is 22.0 Å². The molecular weight excluding hydrogens is 541 g/mol. The first-order valence-corrected chi connectivity index (χ1v) is 12.6. The third-order valence-electron chi connectivity index (χ3n) is 5.70. The summed E-state index contributed by atoms with van der Waals surface area (Å²) in [5.41, 5.74) is 14.9. The molecule has 186 valence electrons. The van der Waals surface area contributed by atoms with Crippen LogP contribution in [0.25, 0.3) is 0 Å². The first kappa shape index (κ1) is 25.5. The van der Waals surface area contributed by atoms with Crippen molar-refractivity contribution in [3.63, 3.8) is 0 Å². The lowest BCUT2D eigenvalue weighted by atomic mass is 9.95. The molecule has 1 fully saturated rings. The standard InChI is InChI=1S/C22H25BrFN7O3S/c1-2-34-22(32)17-15(10-31-6-7-33-11-16(31)19(25)30-26)28-20(21-27-5-8-35-21)29-18(17)13-4-3-12(24)9-14(13)23/h3-5,8-9,16,18-19,26H,2,6-7,10-11,25H2,1H3,(H,28,29). The Balaban J connectivity index is 1.82. The molecular formula is C22H25BrFN7O3S. The second-order valence-electron chi connectivity index (χ2n) is 7.85. The SMILES string of the molecule is CCOC(=O)C1=C(CN2CCOCC2C(N)N=N)NC(c2nccs2)=NC1c1ccc(F)cc1Br. The molecule has 1 aromatic carbocycles. The van der Waals surface area contributed by atoms with Crippen LogP contribution in [0.15, 0.2) is 55.6 Å². The summed E-state index contributed by atoms with van der Waals surface area (Å²) < 4.78 is 25.3. The van der Waals surface area contributed by atoms with Gasteiger partial charge in [0.2, 0.25) is 0 Å². The largest absolute Gasteiger partial charge is 0.463 e. The van der Waals surface area contributed by atoms with Crippen molar-refractivity contribution in [2.24, 2.45) is 15.8 Å². The van der Waals surface area contributed by atoms with E-state index in [0.29, 0.717) is 51.9 Å². The Morgan fingerprint density at radius 3 is 3.06 bits per heavy atom. The minimum Gasteiger partial charge on any atom is -0.463 e. The molecule has 0 spiro atoms. The van der Waals surface area contributed by atoms with Crippen LogP contribution < -0.4 is 11.1 Å². The number of nitrogens with zero attached hydrogens (tertiary/aromatic N) is 4. The number of amidine groups is 1. The lowest BCUT2D eigenvalue weighted by molar-refractivity contribution is -0.139. The van der Waals surface area contributed by atoms with Crippen LogP contribution in [-0.2, 0) is 14.3 Å². The van der Waals surface area contributed by atoms with Gasteiger partial charge in [0, 0.05) is 34.8 Å². The highest BCUT2D eigenvalue weighted by atomic mass is 79.9. The topological polar surface area (TPSA) is 138 Å². The summed E-state index contributed by atoms with van der Waals surface area (Å²) >= 11 is 4.83. The Morgan fingerprint density at radius 2 is 2.37 bits per heavy atom. The zero-order valence-corrected chi connectivity index (χ0v) is 21.3. The van der Waals surface area contributed by atoms with Crippen molar-refractivity contribution >= 4 is 39.1 Å². The molecule has 0 bridgehead atoms. The van der Waals surface area contributed by atoms with Crippen molar-refractivity contribution in [2.75, 3.05) is 32.9 Å². The molecule has 3 unspecified atom stereocenters. The van der Waals surface area contributed by atoms with Gasteiger partial charge in [-0.3, -0.25) is 9.89 Å². The lowest BCUT2D eigenvalue weighted by Gasteiger charge is -2.38. The fourth-order valence-electron chi connectivity index (χ4n) is 4.02. The third-order valence-corrected chi connectivity index (χ3v) is 7.16. The number of nitrogens with two attached hydrogens (primary N) is 1. The Bertz CT molecular complexity index is 1140. The molecule has 2 aliphatic rings. The highest BCUT2D eigenvalue weighted by Gasteiger charge is 2.36. The molecule has 0 aliphatic carbocycles. The number of ether oxygens (including phenoxy) is 2. The fraction of sp³-hybridized carbons (Fsp3) is 0.409. The third kappa shape index (κ3) is 5.64. The minimum atomic E-state index is -0.778. The molecule has 1 saturated heterocycles. The first-order valence-electron chi connectivity index (χ1n) is 11.0. The number of morpholine rings is 1. The highest BCUT2D eigenvalue weighted by molar-refractivity contribution is 9.10. The number of benzene rings is 1. The van der Waals surface area contributed by atoms with Crippen LogP contribution in [0.1, 0.15) is 23.5 Å². The Kier molecular flexibility index (Phi) is 8.34. The molecule has 0 saturated carbocycles. The van der Waals surface area contributed by atoms with E-state index >= 15 is 0 Å². The average Bonchev–Trinajstić information content (AvgIpc) is 3.39. The van der Waals surface area contributed by atoms with E-state index in [2.05, 4.69) is 31.3 Å². The second-order valence-corrected chi connectivity index (χ2v) is 9.60. The molecule has 13 heteroatoms. The van der Waals surface area contributed by atoms with Gasteiger partial charge in [0.25, 0.3) is 0 Å². The maximum atomic E-state index is 13.9. The number of rotatable bonds is 8. The molecule has 35 heavy (non-hydrogen) atoms. The van der Waals surface area contributed by atoms with E-state index in [1.807, 2.05) is 10.3 Å². The number of carbonyl (C=O) groups is 1. The number of esters is 1. The number of aliphatic imine (C=N–C) groups is 1. The van der Waals surface area contributed by atoms with Gasteiger partial charge in [0.15, 0.2) is 10.8 Å². The zero-order valence-electron chi connectivity index (χ0n) is 18.9. The molecule has 2 aromatic rings. The molecule has 3 atom stereocenters. The van der Waals surface area contributed by atoms with Gasteiger partial charge in [-0.25, -0.2) is 19.7 Å². The van der Waals surface area contributed by atoms with E-state index in [0.717, 1.165) is 0 Å². The van der Waals surface area contributed by atoms with Crippen LogP contribution in [0.2, 0.25) is 0 Å². The predicted molar refractivity (Wildman–Crippen MR) is 132 cm³/mol. The molecule has 1 aromatic heterocycles. The van der Waals surface area contributed by atoms with Crippen LogP contribution >= 0.6 is 27.3 Å². The quantitative estimate of drug-likeness (QED) is 0.330. The van der Waals surface area contributed by atoms with E-state index in [1.54, 1.807) is 19.2 Å². The maximum absolute atomic E-state index is 13.9. The number of nitrogens with one attached hydrogen (secondary N) is 2. The molecule has 3 heterocycles. The van der Waals surface area contributed by atoms with Crippen molar-refractivity contribution in [2.45, 2.75) is 25.2 Å². The highest BCUT2D eigenvalue weighted by Crippen LogP contribution is 2.37. The summed E-state index contributed by atoms with van der Waals surface area (Å²) in [5.74, 6) is -0.453. The Hall–Kier alpha value is -2.58. The number of thiazole rings is 1. The van der Waals surface area contributed by atoms with E-state index in [-0.39, 0.29) is 19.2 Å². The van der Waals surface area contributed by atoms with Crippen molar-refractivity contribution in [3.8, 4) is 0 Å². The van der Waals surface area contributed by atoms with E-state index in [4.69, 9.17) is 25.7 Å². The molecule has 0 amide bonds. The van der Waals surface area contributed by atoms with Gasteiger partial charge in [0.05, 0.1) is 31.4 Å². The summed E-state index contributed by atoms with van der Waals surface area (Å²) in [4.78, 5) is 24.5. The van der Waals surface area contributed by atoms with Gasteiger partial charge in [0.1, 0.15) is 18.0 Å². The molecule has 0 radical (unpaired) electrons. The van der Waals surface area contributed by atoms with Gasteiger partial charge >= 0.3 is 5.97 Å². The van der Waals surface area contributed by atoms with Crippen molar-refractivity contribution in [3.05, 3.63) is 61.9 Å². The summed E-state index contributed by atoms with van der Waals surface area (Å²) in [6.07, 6.45) is 0.893. The van der Waals surface area contributed by atoms with Crippen molar-refractivity contribution in [1.29, 1.82) is 5.53 Å². The van der Waals surface area contributed by atoms with Gasteiger partial charge in [-0.05, 0) is 24.6 Å². The summed E-state index contributed by atoms with van der Waals surface area (Å²) in [5, 5.41) is 9.24. The van der Waals surface area contributed by atoms with Gasteiger partial charge in [-0.15, -0.1) is 11.3 Å². The number of aromatic nitrogens is 1. The van der Waals surface area contributed by atoms with Crippen LogP contribution in [0, 0.1) is 11.3 Å². The first-order chi connectivity index (χ1) is 16.9. The Labute approximate surface area is 214 Å². The fourth-order valence-corrected chi connectivity index (χ4v) is 5.18. The number of hydrogen-bond donors (Lipinski definition) is 3. The van der Waals surface area contributed by atoms with Gasteiger partial charge < -0.3 is 20.5 Å². The van der Waals surface area contributed by atoms with Gasteiger partial charge in [-0.2, -0.15) is 5.11 Å². The normalized spacial score (nSPS) is 21.8. The number of carbonyl (C=O) groups excluding carboxylic acids is 1. The predicted octanol–water partition coefficient (Wildman–Crippen LogP) is 2.97. The van der Waals surface area contributed by atoms with Crippen molar-refractivity contribution < 1.29 is 18.7 Å². The second kappa shape index (κ2) is 11.4. The van der Waals surface area contributed by atoms with Crippen LogP contribution in [-0.4, -0.2) is 66.8 Å². The number of halogens is 2. The van der Waals surface area contributed by atoms with Crippen molar-refractivity contribution in [1.82, 2.24) is 15.2 Å². The average molecular weight is 566 g/mol. The van der Waals surface area contributed by atoms with Crippen LogP contribution in [0.4, 0.5) is 4.39 Å². The monoisotopic (exact) mass is 565 g/mol. The smallest absolute Gasteiger partial charge is 0.338 e. The summed E-state index contributed by atoms with van der Waals surface area (Å²) in [6.45, 7) is 3.51. The van der Waals surface area contributed by atoms with Crippen LogP contribution in [0.5, 0.6) is 0 Å². The van der Waals surface area contributed by atoms with Crippen LogP contribution in [0.3, 0.4) is 0 Å². The zero-order chi connectivity index (χ0) is 24.9. The molecule has 4 rings (SSSR count). The lowest BCUT2D eigenvalue weighted by Crippen LogP contribution is -2.55. The van der Waals surface area contributed by atoms with E-state index in [1.165, 1.54) is 23.5 Å².